The number of benzene rings is 1. The summed E-state index contributed by atoms with van der Waals surface area (Å²) < 4.78 is 5.70. The van der Waals surface area contributed by atoms with Crippen molar-refractivity contribution >= 4 is 27.5 Å². The molecule has 0 aliphatic carbocycles. The van der Waals surface area contributed by atoms with Gasteiger partial charge in [-0.2, -0.15) is 0 Å². The Morgan fingerprint density at radius 2 is 2.15 bits per heavy atom. The predicted molar refractivity (Wildman–Crippen MR) is 75.6 cm³/mol. The van der Waals surface area contributed by atoms with Crippen LogP contribution in [0.3, 0.4) is 0 Å². The Morgan fingerprint density at radius 1 is 1.30 bits per heavy atom. The van der Waals surface area contributed by atoms with Gasteiger partial charge in [0.05, 0.1) is 5.39 Å². The Labute approximate surface area is 118 Å². The molecule has 0 aliphatic rings. The Morgan fingerprint density at radius 3 is 2.95 bits per heavy atom. The molecule has 0 saturated heterocycles. The highest BCUT2D eigenvalue weighted by molar-refractivity contribution is 7.16. The summed E-state index contributed by atoms with van der Waals surface area (Å²) in [4.78, 5) is 20.2. The lowest BCUT2D eigenvalue weighted by atomic mass is 10.1. The number of carbonyl (C=O) groups is 1. The molecule has 6 heteroatoms. The van der Waals surface area contributed by atoms with Crippen LogP contribution < -0.4 is 4.74 Å². The van der Waals surface area contributed by atoms with E-state index in [2.05, 4.69) is 9.97 Å². The zero-order valence-electron chi connectivity index (χ0n) is 10.5. The minimum absolute atomic E-state index is 0.109. The third-order valence-electron chi connectivity index (χ3n) is 2.80. The van der Waals surface area contributed by atoms with E-state index in [0.717, 1.165) is 15.8 Å². The summed E-state index contributed by atoms with van der Waals surface area (Å²) in [5, 5.41) is 11.9. The summed E-state index contributed by atoms with van der Waals surface area (Å²) in [6.07, 6.45) is 1.41. The van der Waals surface area contributed by atoms with E-state index in [-0.39, 0.29) is 11.3 Å². The SMILES string of the molecule is Cc1ccc(C(=O)O)c(Oc2ncnc3sccc23)c1. The van der Waals surface area contributed by atoms with E-state index < -0.39 is 5.97 Å². The molecule has 3 rings (SSSR count). The Kier molecular flexibility index (Phi) is 3.08. The van der Waals surface area contributed by atoms with Crippen molar-refractivity contribution in [3.05, 3.63) is 47.1 Å². The monoisotopic (exact) mass is 286 g/mol. The number of aryl methyl sites for hydroxylation is 1. The second-order valence-electron chi connectivity index (χ2n) is 4.23. The maximum atomic E-state index is 11.2. The average molecular weight is 286 g/mol. The van der Waals surface area contributed by atoms with Crippen molar-refractivity contribution in [2.45, 2.75) is 6.92 Å². The summed E-state index contributed by atoms with van der Waals surface area (Å²) in [6.45, 7) is 1.87. The van der Waals surface area contributed by atoms with Crippen LogP contribution >= 0.6 is 11.3 Å². The maximum Gasteiger partial charge on any atom is 0.339 e. The van der Waals surface area contributed by atoms with Crippen molar-refractivity contribution < 1.29 is 14.6 Å². The number of carboxylic acids is 1. The number of ether oxygens (including phenoxy) is 1. The summed E-state index contributed by atoms with van der Waals surface area (Å²) in [5.41, 5.74) is 1.03. The van der Waals surface area contributed by atoms with E-state index in [1.54, 1.807) is 12.1 Å². The fourth-order valence-corrected chi connectivity index (χ4v) is 2.57. The molecule has 5 nitrogen and oxygen atoms in total. The lowest BCUT2D eigenvalue weighted by Crippen LogP contribution is -2.01. The summed E-state index contributed by atoms with van der Waals surface area (Å²) >= 11 is 1.48. The van der Waals surface area contributed by atoms with Crippen molar-refractivity contribution in [1.29, 1.82) is 0 Å². The number of aromatic nitrogens is 2. The first-order valence-electron chi connectivity index (χ1n) is 5.85. The maximum absolute atomic E-state index is 11.2. The van der Waals surface area contributed by atoms with E-state index in [4.69, 9.17) is 4.74 Å². The summed E-state index contributed by atoms with van der Waals surface area (Å²) in [6, 6.07) is 6.80. The highest BCUT2D eigenvalue weighted by Gasteiger charge is 2.14. The van der Waals surface area contributed by atoms with E-state index in [1.807, 2.05) is 18.4 Å². The molecule has 1 N–H and O–H groups in total. The van der Waals surface area contributed by atoms with Crippen LogP contribution in [0.15, 0.2) is 36.0 Å². The van der Waals surface area contributed by atoms with Crippen LogP contribution in [0.5, 0.6) is 11.6 Å². The van der Waals surface area contributed by atoms with Crippen molar-refractivity contribution in [3.63, 3.8) is 0 Å². The number of aromatic carboxylic acids is 1. The molecule has 0 bridgehead atoms. The third kappa shape index (κ3) is 2.21. The fraction of sp³-hybridized carbons (Fsp3) is 0.0714. The van der Waals surface area contributed by atoms with E-state index >= 15 is 0 Å². The Balaban J connectivity index is 2.09. The van der Waals surface area contributed by atoms with E-state index in [0.29, 0.717) is 5.88 Å². The molecule has 0 atom stereocenters. The van der Waals surface area contributed by atoms with Crippen LogP contribution in [0.4, 0.5) is 0 Å². The number of rotatable bonds is 3. The van der Waals surface area contributed by atoms with E-state index in [9.17, 15) is 9.90 Å². The van der Waals surface area contributed by atoms with Crippen LogP contribution in [-0.4, -0.2) is 21.0 Å². The highest BCUT2D eigenvalue weighted by Crippen LogP contribution is 2.31. The van der Waals surface area contributed by atoms with Crippen LogP contribution in [0.2, 0.25) is 0 Å². The van der Waals surface area contributed by atoms with Crippen LogP contribution in [-0.2, 0) is 0 Å². The van der Waals surface area contributed by atoms with Gasteiger partial charge < -0.3 is 9.84 Å². The first-order chi connectivity index (χ1) is 9.65. The van der Waals surface area contributed by atoms with E-state index in [1.165, 1.54) is 23.7 Å². The molecule has 0 unspecified atom stereocenters. The second kappa shape index (κ2) is 4.90. The zero-order valence-corrected chi connectivity index (χ0v) is 11.3. The minimum atomic E-state index is -1.03. The summed E-state index contributed by atoms with van der Waals surface area (Å²) in [5.74, 6) is -0.385. The van der Waals surface area contributed by atoms with Gasteiger partial charge in [-0.3, -0.25) is 0 Å². The number of thiophene rings is 1. The smallest absolute Gasteiger partial charge is 0.339 e. The molecule has 0 fully saturated rings. The van der Waals surface area contributed by atoms with Gasteiger partial charge in [-0.05, 0) is 36.1 Å². The molecule has 1 aromatic carbocycles. The lowest BCUT2D eigenvalue weighted by molar-refractivity contribution is 0.0694. The number of nitrogens with zero attached hydrogens (tertiary/aromatic N) is 2. The van der Waals surface area contributed by atoms with Crippen molar-refractivity contribution in [2.24, 2.45) is 0 Å². The number of hydrogen-bond donors (Lipinski definition) is 1. The van der Waals surface area contributed by atoms with Gasteiger partial charge in [0.15, 0.2) is 0 Å². The minimum Gasteiger partial charge on any atom is -0.478 e. The molecule has 0 amide bonds. The lowest BCUT2D eigenvalue weighted by Gasteiger charge is -2.09. The molecule has 20 heavy (non-hydrogen) atoms. The molecule has 0 spiro atoms. The second-order valence-corrected chi connectivity index (χ2v) is 5.12. The highest BCUT2D eigenvalue weighted by atomic mass is 32.1. The summed E-state index contributed by atoms with van der Waals surface area (Å²) in [7, 11) is 0. The molecule has 2 heterocycles. The molecular formula is C14H10N2O3S. The van der Waals surface area contributed by atoms with Crippen molar-refractivity contribution in [2.75, 3.05) is 0 Å². The molecular weight excluding hydrogens is 276 g/mol. The van der Waals surface area contributed by atoms with Crippen LogP contribution in [0, 0.1) is 6.92 Å². The first kappa shape index (κ1) is 12.6. The molecule has 0 aliphatic heterocycles. The van der Waals surface area contributed by atoms with Gasteiger partial charge in [-0.1, -0.05) is 6.07 Å². The van der Waals surface area contributed by atoms with Gasteiger partial charge in [-0.25, -0.2) is 14.8 Å². The molecule has 3 aromatic rings. The van der Waals surface area contributed by atoms with Gasteiger partial charge >= 0.3 is 5.97 Å². The van der Waals surface area contributed by atoms with Gasteiger partial charge in [0.2, 0.25) is 5.88 Å². The number of hydrogen-bond acceptors (Lipinski definition) is 5. The quantitative estimate of drug-likeness (QED) is 0.798. The fourth-order valence-electron chi connectivity index (χ4n) is 1.84. The predicted octanol–water partition coefficient (Wildman–Crippen LogP) is 3.49. The molecule has 100 valence electrons. The zero-order chi connectivity index (χ0) is 14.1. The Bertz CT molecular complexity index is 798. The molecule has 0 saturated carbocycles. The average Bonchev–Trinajstić information content (AvgIpc) is 2.88. The first-order valence-corrected chi connectivity index (χ1v) is 6.73. The Hall–Kier alpha value is -2.47. The standard InChI is InChI=1S/C14H10N2O3S/c1-8-2-3-9(14(17)18)11(6-8)19-12-10-4-5-20-13(10)16-7-15-12/h2-7H,1H3,(H,17,18). The normalized spacial score (nSPS) is 10.7. The molecule has 2 aromatic heterocycles. The van der Waals surface area contributed by atoms with Gasteiger partial charge in [0.25, 0.3) is 0 Å². The number of carboxylic acid groups (broad SMARTS) is 1. The van der Waals surface area contributed by atoms with Crippen LogP contribution in [0.1, 0.15) is 15.9 Å². The van der Waals surface area contributed by atoms with Crippen molar-refractivity contribution in [1.82, 2.24) is 9.97 Å². The third-order valence-corrected chi connectivity index (χ3v) is 3.62. The van der Waals surface area contributed by atoms with Crippen LogP contribution in [0.25, 0.3) is 10.2 Å². The number of fused-ring (bicyclic) bond motifs is 1. The topological polar surface area (TPSA) is 72.3 Å². The molecule has 0 radical (unpaired) electrons. The largest absolute Gasteiger partial charge is 0.478 e. The van der Waals surface area contributed by atoms with Gasteiger partial charge in [-0.15, -0.1) is 11.3 Å². The van der Waals surface area contributed by atoms with Gasteiger partial charge in [0.1, 0.15) is 22.5 Å². The van der Waals surface area contributed by atoms with Gasteiger partial charge in [0, 0.05) is 0 Å². The van der Waals surface area contributed by atoms with Crippen molar-refractivity contribution in [3.8, 4) is 11.6 Å².